The third-order valence-corrected chi connectivity index (χ3v) is 6.23. The van der Waals surface area contributed by atoms with E-state index in [0.717, 1.165) is 17.5 Å². The summed E-state index contributed by atoms with van der Waals surface area (Å²) in [5.74, 6) is 0.110. The molecule has 0 heterocycles. The van der Waals surface area contributed by atoms with Crippen LogP contribution in [0.2, 0.25) is 5.02 Å². The summed E-state index contributed by atoms with van der Waals surface area (Å²) in [5.41, 5.74) is 7.35. The van der Waals surface area contributed by atoms with Crippen LogP contribution in [0.5, 0.6) is 5.75 Å². The van der Waals surface area contributed by atoms with E-state index >= 15 is 0 Å². The average Bonchev–Trinajstić information content (AvgIpc) is 2.84. The van der Waals surface area contributed by atoms with Crippen LogP contribution in [-0.4, -0.2) is 5.11 Å². The maximum atomic E-state index is 9.69. The molecule has 32 heavy (non-hydrogen) atoms. The van der Waals surface area contributed by atoms with Crippen molar-refractivity contribution in [3.8, 4) is 28.0 Å². The second-order valence-corrected chi connectivity index (χ2v) is 8.75. The molecule has 0 spiro atoms. The molecule has 0 aliphatic heterocycles. The van der Waals surface area contributed by atoms with Crippen molar-refractivity contribution >= 4 is 11.6 Å². The van der Waals surface area contributed by atoms with Crippen LogP contribution < -0.4 is 0 Å². The van der Waals surface area contributed by atoms with Gasteiger partial charge >= 0.3 is 0 Å². The van der Waals surface area contributed by atoms with Crippen LogP contribution in [0.4, 0.5) is 0 Å². The molecule has 1 N–H and O–H groups in total. The molecule has 4 rings (SSSR count). The van der Waals surface area contributed by atoms with Gasteiger partial charge in [-0.2, -0.15) is 0 Å². The predicted molar refractivity (Wildman–Crippen MR) is 136 cm³/mol. The third kappa shape index (κ3) is 6.02. The molecular formula is C30H29ClO. The van der Waals surface area contributed by atoms with Gasteiger partial charge in [0.15, 0.2) is 0 Å². The summed E-state index contributed by atoms with van der Waals surface area (Å²) in [4.78, 5) is 0. The lowest BCUT2D eigenvalue weighted by Crippen LogP contribution is -1.89. The van der Waals surface area contributed by atoms with E-state index in [-0.39, 0.29) is 5.75 Å². The van der Waals surface area contributed by atoms with E-state index in [9.17, 15) is 5.11 Å². The Labute approximate surface area is 196 Å². The average molecular weight is 441 g/mol. The molecule has 0 unspecified atom stereocenters. The predicted octanol–water partition coefficient (Wildman–Crippen LogP) is 8.73. The molecule has 0 amide bonds. The maximum absolute atomic E-state index is 9.69. The van der Waals surface area contributed by atoms with Crippen molar-refractivity contribution in [2.75, 3.05) is 0 Å². The Bertz CT molecular complexity index is 1150. The fourth-order valence-corrected chi connectivity index (χ4v) is 4.31. The second kappa shape index (κ2) is 11.0. The Morgan fingerprint density at radius 2 is 1.06 bits per heavy atom. The van der Waals surface area contributed by atoms with E-state index in [1.54, 1.807) is 6.07 Å². The SMILES string of the molecule is Oc1ccc(-c2cccc(-c3cccc(CCCCCCc4ccccc4)c3)c2)cc1Cl. The molecule has 0 saturated carbocycles. The highest BCUT2D eigenvalue weighted by Gasteiger charge is 2.06. The number of benzene rings is 4. The Kier molecular flexibility index (Phi) is 7.64. The van der Waals surface area contributed by atoms with E-state index in [0.29, 0.717) is 5.02 Å². The highest BCUT2D eigenvalue weighted by atomic mass is 35.5. The second-order valence-electron chi connectivity index (χ2n) is 8.35. The minimum Gasteiger partial charge on any atom is -0.506 e. The Morgan fingerprint density at radius 3 is 1.75 bits per heavy atom. The monoisotopic (exact) mass is 440 g/mol. The van der Waals surface area contributed by atoms with Crippen molar-refractivity contribution in [1.82, 2.24) is 0 Å². The molecule has 4 aromatic carbocycles. The van der Waals surface area contributed by atoms with Crippen molar-refractivity contribution in [2.45, 2.75) is 38.5 Å². The van der Waals surface area contributed by atoms with E-state index in [1.165, 1.54) is 54.4 Å². The normalized spacial score (nSPS) is 10.9. The van der Waals surface area contributed by atoms with Crippen LogP contribution >= 0.6 is 11.6 Å². The molecule has 2 heteroatoms. The van der Waals surface area contributed by atoms with Crippen molar-refractivity contribution in [1.29, 1.82) is 0 Å². The van der Waals surface area contributed by atoms with Crippen LogP contribution in [0.15, 0.2) is 97.1 Å². The van der Waals surface area contributed by atoms with Crippen LogP contribution in [0.1, 0.15) is 36.8 Å². The number of aryl methyl sites for hydroxylation is 2. The highest BCUT2D eigenvalue weighted by Crippen LogP contribution is 2.32. The van der Waals surface area contributed by atoms with E-state index in [4.69, 9.17) is 11.6 Å². The number of halogens is 1. The maximum Gasteiger partial charge on any atom is 0.134 e. The zero-order valence-electron chi connectivity index (χ0n) is 18.3. The Hall–Kier alpha value is -3.03. The van der Waals surface area contributed by atoms with E-state index < -0.39 is 0 Å². The highest BCUT2D eigenvalue weighted by molar-refractivity contribution is 6.32. The fourth-order valence-electron chi connectivity index (χ4n) is 4.13. The topological polar surface area (TPSA) is 20.2 Å². The summed E-state index contributed by atoms with van der Waals surface area (Å²) in [6.07, 6.45) is 7.34. The largest absolute Gasteiger partial charge is 0.506 e. The molecule has 0 aliphatic rings. The molecular weight excluding hydrogens is 412 g/mol. The number of hydrogen-bond acceptors (Lipinski definition) is 1. The van der Waals surface area contributed by atoms with Crippen LogP contribution in [0.3, 0.4) is 0 Å². The summed E-state index contributed by atoms with van der Waals surface area (Å²) in [5, 5.41) is 10.1. The number of aromatic hydroxyl groups is 1. The van der Waals surface area contributed by atoms with Crippen molar-refractivity contribution < 1.29 is 5.11 Å². The smallest absolute Gasteiger partial charge is 0.134 e. The lowest BCUT2D eigenvalue weighted by Gasteiger charge is -2.09. The van der Waals surface area contributed by atoms with E-state index in [2.05, 4.69) is 78.9 Å². The first-order valence-corrected chi connectivity index (χ1v) is 11.8. The summed E-state index contributed by atoms with van der Waals surface area (Å²) in [7, 11) is 0. The quantitative estimate of drug-likeness (QED) is 0.258. The van der Waals surface area contributed by atoms with Gasteiger partial charge in [0.25, 0.3) is 0 Å². The van der Waals surface area contributed by atoms with Crippen molar-refractivity contribution in [2.24, 2.45) is 0 Å². The van der Waals surface area contributed by atoms with Gasteiger partial charge in [-0.3, -0.25) is 0 Å². The van der Waals surface area contributed by atoms with Crippen molar-refractivity contribution in [3.05, 3.63) is 113 Å². The number of unbranched alkanes of at least 4 members (excludes halogenated alkanes) is 3. The first-order chi connectivity index (χ1) is 15.7. The molecule has 0 atom stereocenters. The molecule has 0 radical (unpaired) electrons. The standard InChI is InChI=1S/C30H29ClO/c31-29-22-28(18-19-30(29)32)27-17-9-16-26(21-27)25-15-8-14-24(20-25)13-5-2-1-4-10-23-11-6-3-7-12-23/h3,6-9,11-12,14-22,32H,1-2,4-5,10,13H2. The summed E-state index contributed by atoms with van der Waals surface area (Å²) in [6, 6.07) is 33.5. The van der Waals surface area contributed by atoms with Gasteiger partial charge in [0.2, 0.25) is 0 Å². The van der Waals surface area contributed by atoms with Gasteiger partial charge in [0.05, 0.1) is 5.02 Å². The van der Waals surface area contributed by atoms with Crippen LogP contribution in [-0.2, 0) is 12.8 Å². The third-order valence-electron chi connectivity index (χ3n) is 5.93. The molecule has 162 valence electrons. The van der Waals surface area contributed by atoms with Crippen LogP contribution in [0.25, 0.3) is 22.3 Å². The zero-order valence-corrected chi connectivity index (χ0v) is 19.1. The van der Waals surface area contributed by atoms with Gasteiger partial charge in [-0.15, -0.1) is 0 Å². The zero-order chi connectivity index (χ0) is 22.2. The lowest BCUT2D eigenvalue weighted by atomic mass is 9.96. The van der Waals surface area contributed by atoms with Gasteiger partial charge in [-0.1, -0.05) is 103 Å². The molecule has 0 saturated heterocycles. The molecule has 0 aromatic heterocycles. The number of rotatable bonds is 9. The van der Waals surface area contributed by atoms with E-state index in [1.807, 2.05) is 12.1 Å². The molecule has 4 aromatic rings. The Morgan fingerprint density at radius 1 is 0.500 bits per heavy atom. The van der Waals surface area contributed by atoms with Gasteiger partial charge in [0, 0.05) is 0 Å². The molecule has 0 aliphatic carbocycles. The van der Waals surface area contributed by atoms with Crippen LogP contribution in [0, 0.1) is 0 Å². The number of phenolic OH excluding ortho intramolecular Hbond substituents is 1. The number of hydrogen-bond donors (Lipinski definition) is 1. The minimum atomic E-state index is 0.110. The summed E-state index contributed by atoms with van der Waals surface area (Å²) >= 11 is 6.10. The summed E-state index contributed by atoms with van der Waals surface area (Å²) < 4.78 is 0. The lowest BCUT2D eigenvalue weighted by molar-refractivity contribution is 0.475. The number of phenols is 1. The first-order valence-electron chi connectivity index (χ1n) is 11.4. The first kappa shape index (κ1) is 22.2. The molecule has 0 bridgehead atoms. The van der Waals surface area contributed by atoms with Gasteiger partial charge in [-0.25, -0.2) is 0 Å². The summed E-state index contributed by atoms with van der Waals surface area (Å²) in [6.45, 7) is 0. The van der Waals surface area contributed by atoms with Crippen molar-refractivity contribution in [3.63, 3.8) is 0 Å². The molecule has 0 fully saturated rings. The van der Waals surface area contributed by atoms with Gasteiger partial charge < -0.3 is 5.11 Å². The Balaban J connectivity index is 1.34. The van der Waals surface area contributed by atoms with Gasteiger partial charge in [0.1, 0.15) is 5.75 Å². The molecule has 1 nitrogen and oxygen atoms in total. The minimum absolute atomic E-state index is 0.110. The fraction of sp³-hybridized carbons (Fsp3) is 0.200. The van der Waals surface area contributed by atoms with Gasteiger partial charge in [-0.05, 0) is 77.3 Å².